The second-order valence-electron chi connectivity index (χ2n) is 2.08. The molecule has 0 heterocycles. The van der Waals surface area contributed by atoms with E-state index >= 15 is 0 Å². The maximum absolute atomic E-state index is 5.96. The van der Waals surface area contributed by atoms with Crippen LogP contribution in [0.25, 0.3) is 0 Å². The summed E-state index contributed by atoms with van der Waals surface area (Å²) in [6, 6.07) is 0. The number of thioether (sulfide) groups is 1. The van der Waals surface area contributed by atoms with Gasteiger partial charge in [0.2, 0.25) is 0 Å². The third kappa shape index (κ3) is 8.81. The van der Waals surface area contributed by atoms with Crippen molar-refractivity contribution in [1.29, 1.82) is 0 Å². The van der Waals surface area contributed by atoms with Crippen LogP contribution >= 0.6 is 23.4 Å². The van der Waals surface area contributed by atoms with Crippen LogP contribution in [-0.2, 0) is 0 Å². The van der Waals surface area contributed by atoms with Crippen molar-refractivity contribution in [3.63, 3.8) is 0 Å². The monoisotopic (exact) mass is 258 g/mol. The molecule has 0 fully saturated rings. The summed E-state index contributed by atoms with van der Waals surface area (Å²) in [5.41, 5.74) is 0. The van der Waals surface area contributed by atoms with E-state index in [1.807, 2.05) is 0 Å². The second-order valence-corrected chi connectivity index (χ2v) is 6.53. The first-order valence-electron chi connectivity index (χ1n) is 3.91. The van der Waals surface area contributed by atoms with Gasteiger partial charge in [0.15, 0.2) is 0 Å². The minimum atomic E-state index is 0.541. The van der Waals surface area contributed by atoms with Crippen LogP contribution in [0.3, 0.4) is 0 Å². The van der Waals surface area contributed by atoms with Crippen molar-refractivity contribution in [1.82, 2.24) is 0 Å². The fourth-order valence-electron chi connectivity index (χ4n) is 0.497. The van der Waals surface area contributed by atoms with E-state index in [4.69, 9.17) is 11.6 Å². The number of rotatable bonds is 6. The van der Waals surface area contributed by atoms with Crippen LogP contribution in [0.1, 0.15) is 26.7 Å². The minimum absolute atomic E-state index is 0.541. The summed E-state index contributed by atoms with van der Waals surface area (Å²) in [7, 11) is 0. The van der Waals surface area contributed by atoms with Gasteiger partial charge in [0.1, 0.15) is 0 Å². The van der Waals surface area contributed by atoms with Gasteiger partial charge in [0.05, 0.1) is 0 Å². The average Bonchev–Trinajstić information content (AvgIpc) is 2.01. The van der Waals surface area contributed by atoms with Crippen molar-refractivity contribution in [3.8, 4) is 0 Å². The van der Waals surface area contributed by atoms with Gasteiger partial charge in [0.25, 0.3) is 0 Å². The van der Waals surface area contributed by atoms with Crippen LogP contribution in [0.15, 0.2) is 9.34 Å². The molecule has 0 aromatic rings. The molecule has 0 atom stereocenters. The summed E-state index contributed by atoms with van der Waals surface area (Å²) in [6.07, 6.45) is 2.60. The Labute approximate surface area is 85.3 Å². The topological polar surface area (TPSA) is 0 Å². The van der Waals surface area contributed by atoms with Gasteiger partial charge in [-0.05, 0) is 0 Å². The first-order valence-corrected chi connectivity index (χ1v) is 7.40. The molecule has 0 bridgehead atoms. The van der Waals surface area contributed by atoms with E-state index in [0.717, 1.165) is 9.68 Å². The molecule has 0 unspecified atom stereocenters. The Morgan fingerprint density at radius 1 is 1.55 bits per heavy atom. The van der Waals surface area contributed by atoms with Crippen LogP contribution in [0, 0.1) is 0 Å². The van der Waals surface area contributed by atoms with Crippen molar-refractivity contribution in [2.24, 2.45) is 0 Å². The van der Waals surface area contributed by atoms with Gasteiger partial charge in [0, 0.05) is 0 Å². The van der Waals surface area contributed by atoms with Gasteiger partial charge in [-0.25, -0.2) is 0 Å². The molecule has 0 rings (SSSR count). The van der Waals surface area contributed by atoms with Crippen molar-refractivity contribution >= 4 is 38.3 Å². The van der Waals surface area contributed by atoms with Crippen LogP contribution in [0.2, 0.25) is 5.32 Å². The Kier molecular flexibility index (Phi) is 9.73. The van der Waals surface area contributed by atoms with Gasteiger partial charge >= 0.3 is 85.4 Å². The maximum atomic E-state index is 5.96. The Morgan fingerprint density at radius 2 is 2.27 bits per heavy atom. The zero-order valence-corrected chi connectivity index (χ0v) is 10.4. The number of halogens is 1. The summed E-state index contributed by atoms with van der Waals surface area (Å²) in [5.74, 6) is 1.13. The van der Waals surface area contributed by atoms with Crippen LogP contribution < -0.4 is 0 Å². The Bertz CT molecular complexity index is 115. The van der Waals surface area contributed by atoms with E-state index in [1.165, 1.54) is 18.2 Å². The van der Waals surface area contributed by atoms with E-state index in [0.29, 0.717) is 15.0 Å². The van der Waals surface area contributed by atoms with E-state index in [2.05, 4.69) is 19.3 Å². The first kappa shape index (κ1) is 11.9. The molecule has 0 aliphatic carbocycles. The molecule has 11 heavy (non-hydrogen) atoms. The van der Waals surface area contributed by atoms with Gasteiger partial charge in [-0.3, -0.25) is 0 Å². The molecule has 0 N–H and O–H groups in total. The summed E-state index contributed by atoms with van der Waals surface area (Å²) in [4.78, 5) is 0. The molecule has 0 amide bonds. The fourth-order valence-corrected chi connectivity index (χ4v) is 3.63. The van der Waals surface area contributed by atoms with Crippen LogP contribution in [-0.4, -0.2) is 20.7 Å². The number of hydrogen-bond donors (Lipinski definition) is 0. The van der Waals surface area contributed by atoms with E-state index in [1.54, 1.807) is 11.8 Å². The Balaban J connectivity index is 3.27. The molecular formula is C8H15ClSSe. The first-order chi connectivity index (χ1) is 5.31. The quantitative estimate of drug-likeness (QED) is 0.516. The normalized spacial score (nSPS) is 12.1. The summed E-state index contributed by atoms with van der Waals surface area (Å²) in [6.45, 7) is 4.36. The molecule has 0 saturated heterocycles. The predicted molar refractivity (Wildman–Crippen MR) is 57.5 cm³/mol. The molecule has 0 saturated carbocycles. The van der Waals surface area contributed by atoms with Crippen LogP contribution in [0.4, 0.5) is 0 Å². The molecular weight excluding hydrogens is 243 g/mol. The van der Waals surface area contributed by atoms with Gasteiger partial charge in [-0.2, -0.15) is 0 Å². The fraction of sp³-hybridized carbons (Fsp3) is 0.750. The molecule has 0 spiro atoms. The number of hydrogen-bond acceptors (Lipinski definition) is 1. The SMILES string of the molecule is CCCC[Se]/C(Cl)=C\SCC. The van der Waals surface area contributed by atoms with E-state index in [9.17, 15) is 0 Å². The van der Waals surface area contributed by atoms with E-state index < -0.39 is 0 Å². The standard InChI is InChI=1S/C8H15ClSSe/c1-3-5-6-11-8(9)7-10-4-2/h7H,3-6H2,1-2H3/b8-7-. The molecule has 0 aromatic heterocycles. The molecule has 0 radical (unpaired) electrons. The van der Waals surface area contributed by atoms with Crippen molar-refractivity contribution < 1.29 is 0 Å². The summed E-state index contributed by atoms with van der Waals surface area (Å²) < 4.78 is 1.08. The van der Waals surface area contributed by atoms with Crippen molar-refractivity contribution in [2.45, 2.75) is 32.0 Å². The average molecular weight is 258 g/mol. The predicted octanol–water partition coefficient (Wildman–Crippen LogP) is 3.70. The molecule has 0 nitrogen and oxygen atoms in total. The summed E-state index contributed by atoms with van der Waals surface area (Å²) in [5, 5.41) is 3.39. The summed E-state index contributed by atoms with van der Waals surface area (Å²) >= 11 is 8.30. The van der Waals surface area contributed by atoms with Gasteiger partial charge in [-0.1, -0.05) is 0 Å². The third-order valence-corrected chi connectivity index (χ3v) is 4.82. The van der Waals surface area contributed by atoms with E-state index in [-0.39, 0.29) is 0 Å². The molecule has 0 aliphatic rings. The molecule has 66 valence electrons. The zero-order chi connectivity index (χ0) is 8.53. The van der Waals surface area contributed by atoms with Gasteiger partial charge < -0.3 is 0 Å². The molecule has 0 aromatic carbocycles. The zero-order valence-electron chi connectivity index (χ0n) is 7.10. The molecule has 3 heteroatoms. The van der Waals surface area contributed by atoms with Gasteiger partial charge in [-0.15, -0.1) is 0 Å². The van der Waals surface area contributed by atoms with Crippen molar-refractivity contribution in [3.05, 3.63) is 9.34 Å². The number of unbranched alkanes of at least 4 members (excludes halogenated alkanes) is 1. The Hall–Kier alpha value is 0.899. The Morgan fingerprint density at radius 3 is 2.82 bits per heavy atom. The third-order valence-electron chi connectivity index (χ3n) is 1.08. The second kappa shape index (κ2) is 8.99. The molecule has 0 aliphatic heterocycles. The van der Waals surface area contributed by atoms with Crippen LogP contribution in [0.5, 0.6) is 0 Å². The van der Waals surface area contributed by atoms with Crippen molar-refractivity contribution in [2.75, 3.05) is 5.75 Å².